The van der Waals surface area contributed by atoms with Crippen LogP contribution in [0.4, 0.5) is 0 Å². The van der Waals surface area contributed by atoms with E-state index in [1.165, 1.54) is 57.8 Å². The number of hydrogen-bond donors (Lipinski definition) is 2. The fourth-order valence-corrected chi connectivity index (χ4v) is 2.67. The quantitative estimate of drug-likeness (QED) is 0.219. The van der Waals surface area contributed by atoms with Gasteiger partial charge in [-0.2, -0.15) is 0 Å². The molecule has 23 heavy (non-hydrogen) atoms. The van der Waals surface area contributed by atoms with Gasteiger partial charge < -0.3 is 10.2 Å². The number of rotatable bonds is 16. The molecule has 0 heterocycles. The SMILES string of the molecule is CCCC(O)CCCCCCCCCCCC=C/C=C\C(=O)O. The average molecular weight is 325 g/mol. The van der Waals surface area contributed by atoms with Gasteiger partial charge in [0, 0.05) is 6.08 Å². The monoisotopic (exact) mass is 324 g/mol. The van der Waals surface area contributed by atoms with E-state index in [1.54, 1.807) is 6.08 Å². The van der Waals surface area contributed by atoms with E-state index >= 15 is 0 Å². The van der Waals surface area contributed by atoms with E-state index in [9.17, 15) is 9.90 Å². The molecule has 0 aromatic carbocycles. The smallest absolute Gasteiger partial charge is 0.328 e. The van der Waals surface area contributed by atoms with E-state index in [2.05, 4.69) is 6.92 Å². The second-order valence-electron chi connectivity index (χ2n) is 6.33. The zero-order valence-electron chi connectivity index (χ0n) is 14.9. The van der Waals surface area contributed by atoms with Crippen LogP contribution in [0.25, 0.3) is 0 Å². The van der Waals surface area contributed by atoms with Crippen molar-refractivity contribution in [3.63, 3.8) is 0 Å². The molecule has 0 fully saturated rings. The minimum Gasteiger partial charge on any atom is -0.478 e. The first-order valence-corrected chi connectivity index (χ1v) is 9.41. The fraction of sp³-hybridized carbons (Fsp3) is 0.750. The molecule has 0 amide bonds. The van der Waals surface area contributed by atoms with Gasteiger partial charge in [-0.15, -0.1) is 0 Å². The van der Waals surface area contributed by atoms with Crippen LogP contribution in [-0.4, -0.2) is 22.3 Å². The maximum Gasteiger partial charge on any atom is 0.328 e. The van der Waals surface area contributed by atoms with Crippen molar-refractivity contribution in [3.8, 4) is 0 Å². The number of aliphatic hydroxyl groups is 1. The first-order valence-electron chi connectivity index (χ1n) is 9.41. The van der Waals surface area contributed by atoms with Crippen molar-refractivity contribution in [2.45, 2.75) is 96.5 Å². The van der Waals surface area contributed by atoms with Crippen molar-refractivity contribution in [3.05, 3.63) is 24.3 Å². The summed E-state index contributed by atoms with van der Waals surface area (Å²) in [7, 11) is 0. The van der Waals surface area contributed by atoms with E-state index in [4.69, 9.17) is 5.11 Å². The molecule has 1 atom stereocenters. The van der Waals surface area contributed by atoms with Crippen molar-refractivity contribution in [1.29, 1.82) is 0 Å². The van der Waals surface area contributed by atoms with Gasteiger partial charge in [0.25, 0.3) is 0 Å². The second kappa shape index (κ2) is 17.3. The standard InChI is InChI=1S/C20H36O3/c1-2-16-19(21)17-14-12-10-8-6-4-3-5-7-9-11-13-15-18-20(22)23/h11,13,15,18-19,21H,2-10,12,14,16-17H2,1H3,(H,22,23)/b13-11?,18-15-. The van der Waals surface area contributed by atoms with Gasteiger partial charge in [-0.25, -0.2) is 4.79 Å². The summed E-state index contributed by atoms with van der Waals surface area (Å²) in [4.78, 5) is 10.2. The molecule has 1 unspecified atom stereocenters. The number of carboxylic acid groups (broad SMARTS) is 1. The van der Waals surface area contributed by atoms with Crippen LogP contribution in [0, 0.1) is 0 Å². The third-order valence-electron chi connectivity index (χ3n) is 4.02. The third kappa shape index (κ3) is 18.9. The van der Waals surface area contributed by atoms with Crippen LogP contribution in [-0.2, 0) is 4.79 Å². The molecule has 0 saturated heterocycles. The van der Waals surface area contributed by atoms with Gasteiger partial charge in [-0.3, -0.25) is 0 Å². The first kappa shape index (κ1) is 21.9. The molecule has 3 nitrogen and oxygen atoms in total. The Morgan fingerprint density at radius 3 is 2.00 bits per heavy atom. The van der Waals surface area contributed by atoms with Crippen molar-refractivity contribution < 1.29 is 15.0 Å². The van der Waals surface area contributed by atoms with Gasteiger partial charge in [-0.05, 0) is 25.7 Å². The Morgan fingerprint density at radius 1 is 0.870 bits per heavy atom. The molecule has 0 rings (SSSR count). The number of aliphatic hydroxyl groups excluding tert-OH is 1. The summed E-state index contributed by atoms with van der Waals surface area (Å²) in [6, 6.07) is 0. The van der Waals surface area contributed by atoms with Crippen LogP contribution in [0.5, 0.6) is 0 Å². The largest absolute Gasteiger partial charge is 0.478 e. The van der Waals surface area contributed by atoms with Crippen LogP contribution < -0.4 is 0 Å². The molecule has 0 spiro atoms. The Kier molecular flexibility index (Phi) is 16.4. The molecule has 0 aromatic rings. The highest BCUT2D eigenvalue weighted by Crippen LogP contribution is 2.13. The van der Waals surface area contributed by atoms with Crippen LogP contribution in [0.15, 0.2) is 24.3 Å². The highest BCUT2D eigenvalue weighted by Gasteiger charge is 2.01. The first-order chi connectivity index (χ1) is 11.2. The minimum absolute atomic E-state index is 0.0753. The molecule has 2 N–H and O–H groups in total. The number of carboxylic acids is 1. The van der Waals surface area contributed by atoms with Gasteiger partial charge in [0.1, 0.15) is 0 Å². The Morgan fingerprint density at radius 2 is 1.43 bits per heavy atom. The van der Waals surface area contributed by atoms with Gasteiger partial charge in [0.2, 0.25) is 0 Å². The summed E-state index contributed by atoms with van der Waals surface area (Å²) in [6.07, 6.45) is 22.0. The second-order valence-corrected chi connectivity index (χ2v) is 6.33. The molecule has 0 saturated carbocycles. The molecule has 0 bridgehead atoms. The molecule has 0 radical (unpaired) electrons. The Labute approximate surface area is 142 Å². The van der Waals surface area contributed by atoms with Crippen molar-refractivity contribution >= 4 is 5.97 Å². The zero-order chi connectivity index (χ0) is 17.2. The Hall–Kier alpha value is -1.09. The van der Waals surface area contributed by atoms with Crippen LogP contribution >= 0.6 is 0 Å². The summed E-state index contributed by atoms with van der Waals surface area (Å²) < 4.78 is 0. The van der Waals surface area contributed by atoms with Gasteiger partial charge in [0.15, 0.2) is 0 Å². The van der Waals surface area contributed by atoms with Crippen LogP contribution in [0.1, 0.15) is 90.4 Å². The topological polar surface area (TPSA) is 57.5 Å². The average Bonchev–Trinajstić information content (AvgIpc) is 2.51. The van der Waals surface area contributed by atoms with E-state index in [0.29, 0.717) is 0 Å². The maximum atomic E-state index is 10.2. The number of allylic oxidation sites excluding steroid dienone is 3. The number of carbonyl (C=O) groups is 1. The Bertz CT molecular complexity index is 321. The number of unbranched alkanes of at least 4 members (excludes halogenated alkanes) is 9. The summed E-state index contributed by atoms with van der Waals surface area (Å²) in [5, 5.41) is 18.0. The van der Waals surface area contributed by atoms with Gasteiger partial charge in [-0.1, -0.05) is 82.9 Å². The van der Waals surface area contributed by atoms with Crippen molar-refractivity contribution in [2.24, 2.45) is 0 Å². The van der Waals surface area contributed by atoms with E-state index in [-0.39, 0.29) is 6.10 Å². The van der Waals surface area contributed by atoms with E-state index < -0.39 is 5.97 Å². The lowest BCUT2D eigenvalue weighted by molar-refractivity contribution is -0.131. The fourth-order valence-electron chi connectivity index (χ4n) is 2.67. The van der Waals surface area contributed by atoms with Gasteiger partial charge >= 0.3 is 5.97 Å². The number of hydrogen-bond acceptors (Lipinski definition) is 2. The summed E-state index contributed by atoms with van der Waals surface area (Å²) >= 11 is 0. The molecule has 0 aliphatic rings. The predicted molar refractivity (Wildman–Crippen MR) is 97.6 cm³/mol. The highest BCUT2D eigenvalue weighted by atomic mass is 16.4. The van der Waals surface area contributed by atoms with E-state index in [0.717, 1.165) is 31.8 Å². The summed E-state index contributed by atoms with van der Waals surface area (Å²) in [5.74, 6) is -0.896. The summed E-state index contributed by atoms with van der Waals surface area (Å²) in [6.45, 7) is 2.12. The lowest BCUT2D eigenvalue weighted by Crippen LogP contribution is -2.04. The van der Waals surface area contributed by atoms with Crippen molar-refractivity contribution in [1.82, 2.24) is 0 Å². The molecule has 0 aromatic heterocycles. The minimum atomic E-state index is -0.896. The third-order valence-corrected chi connectivity index (χ3v) is 4.02. The predicted octanol–water partition coefficient (Wildman–Crippen LogP) is 5.64. The lowest BCUT2D eigenvalue weighted by Gasteiger charge is -2.08. The van der Waals surface area contributed by atoms with E-state index in [1.807, 2.05) is 12.2 Å². The normalized spacial score (nSPS) is 13.1. The van der Waals surface area contributed by atoms with Crippen LogP contribution in [0.3, 0.4) is 0 Å². The maximum absolute atomic E-state index is 10.2. The number of aliphatic carboxylic acids is 1. The lowest BCUT2D eigenvalue weighted by atomic mass is 10.0. The Balaban J connectivity index is 3.17. The zero-order valence-corrected chi connectivity index (χ0v) is 14.9. The molecule has 0 aliphatic carbocycles. The molecular weight excluding hydrogens is 288 g/mol. The van der Waals surface area contributed by atoms with Gasteiger partial charge in [0.05, 0.1) is 6.10 Å². The molecular formula is C20H36O3. The van der Waals surface area contributed by atoms with Crippen LogP contribution in [0.2, 0.25) is 0 Å². The highest BCUT2D eigenvalue weighted by molar-refractivity contribution is 5.80. The molecule has 134 valence electrons. The summed E-state index contributed by atoms with van der Waals surface area (Å²) in [5.41, 5.74) is 0. The van der Waals surface area contributed by atoms with Crippen molar-refractivity contribution in [2.75, 3.05) is 0 Å². The molecule has 3 heteroatoms. The molecule has 0 aliphatic heterocycles.